The number of aromatic nitrogens is 3. The highest BCUT2D eigenvalue weighted by Gasteiger charge is 2.23. The standard InChI is InChI=1S/C20H20ClN5S/c1-25(2)10-11-27-20-24-23-18-13-22-19(14-6-4-3-5-7-14)16-12-15(21)8-9-17(16)26(18)20/h3-9,12H,10-11,13H2,1-2H3. The quantitative estimate of drug-likeness (QED) is 0.612. The maximum atomic E-state index is 6.34. The van der Waals surface area contributed by atoms with E-state index in [-0.39, 0.29) is 0 Å². The van der Waals surface area contributed by atoms with Gasteiger partial charge in [0.05, 0.1) is 11.4 Å². The van der Waals surface area contributed by atoms with Crippen LogP contribution in [0.25, 0.3) is 5.69 Å². The molecule has 0 fully saturated rings. The molecule has 2 aromatic carbocycles. The Hall–Kier alpha value is -2.15. The Morgan fingerprint density at radius 2 is 1.93 bits per heavy atom. The third-order valence-corrected chi connectivity index (χ3v) is 5.49. The van der Waals surface area contributed by atoms with Crippen LogP contribution in [0.4, 0.5) is 0 Å². The molecule has 0 amide bonds. The summed E-state index contributed by atoms with van der Waals surface area (Å²) >= 11 is 8.04. The lowest BCUT2D eigenvalue weighted by molar-refractivity contribution is 0.437. The monoisotopic (exact) mass is 397 g/mol. The maximum absolute atomic E-state index is 6.34. The van der Waals surface area contributed by atoms with Gasteiger partial charge in [-0.05, 0) is 32.3 Å². The predicted molar refractivity (Wildman–Crippen MR) is 111 cm³/mol. The lowest BCUT2D eigenvalue weighted by atomic mass is 10.0. The first-order valence-electron chi connectivity index (χ1n) is 8.75. The summed E-state index contributed by atoms with van der Waals surface area (Å²) in [7, 11) is 4.14. The van der Waals surface area contributed by atoms with Crippen molar-refractivity contribution in [1.82, 2.24) is 19.7 Å². The van der Waals surface area contributed by atoms with E-state index in [1.165, 1.54) is 0 Å². The fraction of sp³-hybridized carbons (Fsp3) is 0.250. The number of nitrogens with zero attached hydrogens (tertiary/aromatic N) is 5. The van der Waals surface area contributed by atoms with Gasteiger partial charge in [-0.25, -0.2) is 0 Å². The van der Waals surface area contributed by atoms with Crippen LogP contribution in [0.3, 0.4) is 0 Å². The van der Waals surface area contributed by atoms with Crippen LogP contribution in [0.2, 0.25) is 5.02 Å². The Kier molecular flexibility index (Phi) is 5.29. The van der Waals surface area contributed by atoms with E-state index < -0.39 is 0 Å². The van der Waals surface area contributed by atoms with Crippen LogP contribution in [0.15, 0.2) is 58.7 Å². The van der Waals surface area contributed by atoms with Crippen molar-refractivity contribution >= 4 is 29.1 Å². The molecular weight excluding hydrogens is 378 g/mol. The number of fused-ring (bicyclic) bond motifs is 3. The molecule has 0 bridgehead atoms. The van der Waals surface area contributed by atoms with Crippen LogP contribution < -0.4 is 0 Å². The Morgan fingerprint density at radius 3 is 2.70 bits per heavy atom. The maximum Gasteiger partial charge on any atom is 0.195 e. The fourth-order valence-electron chi connectivity index (χ4n) is 3.03. The molecule has 0 unspecified atom stereocenters. The number of benzene rings is 2. The molecule has 138 valence electrons. The minimum Gasteiger partial charge on any atom is -0.309 e. The van der Waals surface area contributed by atoms with Crippen molar-refractivity contribution in [2.75, 3.05) is 26.4 Å². The number of rotatable bonds is 5. The van der Waals surface area contributed by atoms with E-state index in [2.05, 4.69) is 45.9 Å². The summed E-state index contributed by atoms with van der Waals surface area (Å²) in [5.41, 5.74) is 4.03. The lowest BCUT2D eigenvalue weighted by Gasteiger charge is -2.14. The van der Waals surface area contributed by atoms with Crippen molar-refractivity contribution in [3.05, 3.63) is 70.5 Å². The van der Waals surface area contributed by atoms with Gasteiger partial charge in [0, 0.05) is 28.4 Å². The van der Waals surface area contributed by atoms with Crippen molar-refractivity contribution in [2.45, 2.75) is 11.7 Å². The van der Waals surface area contributed by atoms with Gasteiger partial charge in [-0.3, -0.25) is 9.56 Å². The molecule has 0 N–H and O–H groups in total. The van der Waals surface area contributed by atoms with Gasteiger partial charge in [0.25, 0.3) is 0 Å². The zero-order valence-electron chi connectivity index (χ0n) is 15.3. The molecule has 4 rings (SSSR count). The molecule has 5 nitrogen and oxygen atoms in total. The van der Waals surface area contributed by atoms with E-state index in [1.54, 1.807) is 11.8 Å². The molecular formula is C20H20ClN5S. The topological polar surface area (TPSA) is 46.3 Å². The van der Waals surface area contributed by atoms with Crippen LogP contribution in [-0.4, -0.2) is 51.8 Å². The largest absolute Gasteiger partial charge is 0.309 e. The van der Waals surface area contributed by atoms with E-state index in [9.17, 15) is 0 Å². The van der Waals surface area contributed by atoms with Gasteiger partial charge in [0.2, 0.25) is 0 Å². The molecule has 0 saturated carbocycles. The molecule has 0 radical (unpaired) electrons. The Labute approximate surface area is 168 Å². The van der Waals surface area contributed by atoms with Gasteiger partial charge in [0.1, 0.15) is 6.54 Å². The summed E-state index contributed by atoms with van der Waals surface area (Å²) in [6, 6.07) is 16.1. The third kappa shape index (κ3) is 3.78. The van der Waals surface area contributed by atoms with Gasteiger partial charge in [0.15, 0.2) is 11.0 Å². The average Bonchev–Trinajstić information content (AvgIpc) is 2.98. The molecule has 3 aromatic rings. The van der Waals surface area contributed by atoms with Gasteiger partial charge in [-0.1, -0.05) is 53.7 Å². The van der Waals surface area contributed by atoms with E-state index in [1.807, 2.05) is 36.4 Å². The number of halogens is 1. The highest BCUT2D eigenvalue weighted by molar-refractivity contribution is 7.99. The summed E-state index contributed by atoms with van der Waals surface area (Å²) in [5.74, 6) is 1.79. The molecule has 2 heterocycles. The molecule has 1 aromatic heterocycles. The number of hydrogen-bond donors (Lipinski definition) is 0. The van der Waals surface area contributed by atoms with Crippen LogP contribution in [-0.2, 0) is 6.54 Å². The second kappa shape index (κ2) is 7.84. The zero-order chi connectivity index (χ0) is 18.8. The van der Waals surface area contributed by atoms with Crippen molar-refractivity contribution in [3.63, 3.8) is 0 Å². The van der Waals surface area contributed by atoms with E-state index in [4.69, 9.17) is 16.6 Å². The first kappa shape index (κ1) is 18.2. The minimum absolute atomic E-state index is 0.484. The molecule has 1 aliphatic rings. The molecule has 0 saturated heterocycles. The summed E-state index contributed by atoms with van der Waals surface area (Å²) in [5, 5.41) is 10.4. The normalized spacial score (nSPS) is 13.1. The molecule has 0 atom stereocenters. The molecule has 7 heteroatoms. The van der Waals surface area contributed by atoms with E-state index in [0.717, 1.165) is 45.8 Å². The lowest BCUT2D eigenvalue weighted by Crippen LogP contribution is -2.15. The Morgan fingerprint density at radius 1 is 1.11 bits per heavy atom. The van der Waals surface area contributed by atoms with E-state index >= 15 is 0 Å². The summed E-state index contributed by atoms with van der Waals surface area (Å²) in [6.07, 6.45) is 0. The number of thioether (sulfide) groups is 1. The van der Waals surface area contributed by atoms with Crippen LogP contribution in [0.1, 0.15) is 17.0 Å². The van der Waals surface area contributed by atoms with Crippen molar-refractivity contribution in [1.29, 1.82) is 0 Å². The summed E-state index contributed by atoms with van der Waals surface area (Å²) in [6.45, 7) is 1.46. The second-order valence-electron chi connectivity index (χ2n) is 6.58. The van der Waals surface area contributed by atoms with Crippen molar-refractivity contribution < 1.29 is 0 Å². The first-order chi connectivity index (χ1) is 13.1. The second-order valence-corrected chi connectivity index (χ2v) is 8.08. The third-order valence-electron chi connectivity index (χ3n) is 4.35. The van der Waals surface area contributed by atoms with Gasteiger partial charge in [-0.15, -0.1) is 10.2 Å². The zero-order valence-corrected chi connectivity index (χ0v) is 16.8. The van der Waals surface area contributed by atoms with E-state index in [0.29, 0.717) is 11.6 Å². The van der Waals surface area contributed by atoms with Crippen LogP contribution in [0, 0.1) is 0 Å². The molecule has 1 aliphatic heterocycles. The highest BCUT2D eigenvalue weighted by Crippen LogP contribution is 2.30. The highest BCUT2D eigenvalue weighted by atomic mass is 35.5. The van der Waals surface area contributed by atoms with Gasteiger partial charge in [-0.2, -0.15) is 0 Å². The van der Waals surface area contributed by atoms with Crippen molar-refractivity contribution in [2.24, 2.45) is 4.99 Å². The number of aliphatic imine (C=N–C) groups is 1. The van der Waals surface area contributed by atoms with Crippen LogP contribution >= 0.6 is 23.4 Å². The number of hydrogen-bond acceptors (Lipinski definition) is 5. The molecule has 0 aliphatic carbocycles. The predicted octanol–water partition coefficient (Wildman–Crippen LogP) is 3.93. The Balaban J connectivity index is 1.80. The van der Waals surface area contributed by atoms with Gasteiger partial charge >= 0.3 is 0 Å². The molecule has 27 heavy (non-hydrogen) atoms. The van der Waals surface area contributed by atoms with Gasteiger partial charge < -0.3 is 4.90 Å². The summed E-state index contributed by atoms with van der Waals surface area (Å²) in [4.78, 5) is 7.02. The Bertz CT molecular complexity index is 981. The average molecular weight is 398 g/mol. The van der Waals surface area contributed by atoms with Crippen molar-refractivity contribution in [3.8, 4) is 5.69 Å². The van der Waals surface area contributed by atoms with Crippen LogP contribution in [0.5, 0.6) is 0 Å². The summed E-state index contributed by atoms with van der Waals surface area (Å²) < 4.78 is 2.12. The SMILES string of the molecule is CN(C)CCSc1nnc2n1-c1ccc(Cl)cc1C(c1ccccc1)=NC2. The minimum atomic E-state index is 0.484. The first-order valence-corrected chi connectivity index (χ1v) is 10.1. The smallest absolute Gasteiger partial charge is 0.195 e. The fourth-order valence-corrected chi connectivity index (χ4v) is 4.27. The molecule has 0 spiro atoms.